The van der Waals surface area contributed by atoms with Crippen molar-refractivity contribution in [3.8, 4) is 5.75 Å². The fourth-order valence-corrected chi connectivity index (χ4v) is 3.65. The topological polar surface area (TPSA) is 49.9 Å². The minimum atomic E-state index is -0.0697. The number of likely N-dealkylation sites (N-methyl/N-ethyl adjacent to an activating group) is 1. The molecule has 1 aromatic carbocycles. The lowest BCUT2D eigenvalue weighted by Crippen LogP contribution is -2.33. The molecular weight excluding hydrogens is 336 g/mol. The molecule has 1 aliphatic rings. The Morgan fingerprint density at radius 1 is 1.32 bits per heavy atom. The van der Waals surface area contributed by atoms with Crippen LogP contribution in [0.3, 0.4) is 0 Å². The van der Waals surface area contributed by atoms with Crippen molar-refractivity contribution in [3.63, 3.8) is 0 Å². The minimum Gasteiger partial charge on any atom is -0.484 e. The molecule has 132 valence electrons. The molecule has 0 unspecified atom stereocenters. The van der Waals surface area contributed by atoms with Crippen molar-refractivity contribution in [1.82, 2.24) is 4.90 Å². The van der Waals surface area contributed by atoms with E-state index in [1.165, 1.54) is 0 Å². The van der Waals surface area contributed by atoms with Gasteiger partial charge in [0, 0.05) is 30.6 Å². The van der Waals surface area contributed by atoms with E-state index in [0.717, 1.165) is 23.5 Å². The largest absolute Gasteiger partial charge is 0.484 e. The fraction of sp³-hybridized carbons (Fsp3) is 0.368. The van der Waals surface area contributed by atoms with Gasteiger partial charge in [0.2, 0.25) is 5.91 Å². The van der Waals surface area contributed by atoms with Crippen LogP contribution in [0.5, 0.6) is 5.75 Å². The second-order valence-electron chi connectivity index (χ2n) is 6.13. The Kier molecular flexibility index (Phi) is 5.38. The van der Waals surface area contributed by atoms with Gasteiger partial charge in [-0.05, 0) is 49.1 Å². The molecule has 0 aliphatic carbocycles. The van der Waals surface area contributed by atoms with E-state index >= 15 is 0 Å². The number of anilines is 1. The van der Waals surface area contributed by atoms with Crippen LogP contribution in [-0.4, -0.2) is 36.9 Å². The van der Waals surface area contributed by atoms with E-state index in [1.54, 1.807) is 40.3 Å². The first-order valence-corrected chi connectivity index (χ1v) is 9.26. The number of carbonyl (C=O) groups is 2. The summed E-state index contributed by atoms with van der Waals surface area (Å²) in [7, 11) is 1.79. The lowest BCUT2D eigenvalue weighted by atomic mass is 10.2. The molecule has 0 spiro atoms. The third-order valence-corrected chi connectivity index (χ3v) is 5.56. The molecule has 0 radical (unpaired) electrons. The maximum Gasteiger partial charge on any atom is 0.260 e. The van der Waals surface area contributed by atoms with E-state index < -0.39 is 0 Å². The number of rotatable bonds is 6. The van der Waals surface area contributed by atoms with Crippen molar-refractivity contribution in [1.29, 1.82) is 0 Å². The maximum atomic E-state index is 12.3. The highest BCUT2D eigenvalue weighted by molar-refractivity contribution is 7.10. The Bertz CT molecular complexity index is 728. The van der Waals surface area contributed by atoms with Crippen LogP contribution in [0.25, 0.3) is 0 Å². The van der Waals surface area contributed by atoms with E-state index in [-0.39, 0.29) is 24.5 Å². The summed E-state index contributed by atoms with van der Waals surface area (Å²) in [6.45, 7) is 2.77. The second-order valence-corrected chi connectivity index (χ2v) is 7.11. The summed E-state index contributed by atoms with van der Waals surface area (Å²) in [5, 5.41) is 2.01. The highest BCUT2D eigenvalue weighted by Crippen LogP contribution is 2.25. The van der Waals surface area contributed by atoms with Crippen LogP contribution in [0.1, 0.15) is 30.7 Å². The van der Waals surface area contributed by atoms with Crippen LogP contribution < -0.4 is 9.64 Å². The average Bonchev–Trinajstić information content (AvgIpc) is 3.30. The molecule has 1 aliphatic heterocycles. The van der Waals surface area contributed by atoms with E-state index in [9.17, 15) is 9.59 Å². The summed E-state index contributed by atoms with van der Waals surface area (Å²) in [5.41, 5.74) is 0.879. The summed E-state index contributed by atoms with van der Waals surface area (Å²) in [6.07, 6.45) is 1.52. The fourth-order valence-electron chi connectivity index (χ4n) is 2.83. The van der Waals surface area contributed by atoms with Crippen LogP contribution in [0.2, 0.25) is 0 Å². The molecular formula is C19H22N2O3S. The highest BCUT2D eigenvalue weighted by atomic mass is 32.1. The molecule has 5 nitrogen and oxygen atoms in total. The lowest BCUT2D eigenvalue weighted by molar-refractivity contribution is -0.133. The van der Waals surface area contributed by atoms with Crippen molar-refractivity contribution in [3.05, 3.63) is 46.7 Å². The van der Waals surface area contributed by atoms with Gasteiger partial charge in [-0.2, -0.15) is 0 Å². The molecule has 0 N–H and O–H groups in total. The molecule has 25 heavy (non-hydrogen) atoms. The Morgan fingerprint density at radius 3 is 2.68 bits per heavy atom. The second kappa shape index (κ2) is 7.70. The zero-order valence-electron chi connectivity index (χ0n) is 14.5. The lowest BCUT2D eigenvalue weighted by Gasteiger charge is -2.24. The Hall–Kier alpha value is -2.34. The molecule has 1 saturated heterocycles. The van der Waals surface area contributed by atoms with Gasteiger partial charge >= 0.3 is 0 Å². The van der Waals surface area contributed by atoms with Gasteiger partial charge in [0.1, 0.15) is 5.75 Å². The number of benzene rings is 1. The predicted octanol–water partition coefficient (Wildman–Crippen LogP) is 3.47. The summed E-state index contributed by atoms with van der Waals surface area (Å²) in [6, 6.07) is 11.4. The van der Waals surface area contributed by atoms with Gasteiger partial charge in [0.25, 0.3) is 5.91 Å². The number of nitrogens with zero attached hydrogens (tertiary/aromatic N) is 2. The molecule has 0 saturated carbocycles. The van der Waals surface area contributed by atoms with E-state index in [2.05, 4.69) is 0 Å². The van der Waals surface area contributed by atoms with Crippen LogP contribution in [-0.2, 0) is 9.59 Å². The molecule has 2 aromatic rings. The zero-order valence-corrected chi connectivity index (χ0v) is 15.3. The molecule has 6 heteroatoms. The number of amides is 2. The van der Waals surface area contributed by atoms with Crippen LogP contribution in [0.15, 0.2) is 41.8 Å². The van der Waals surface area contributed by atoms with Gasteiger partial charge in [-0.3, -0.25) is 9.59 Å². The number of ether oxygens (including phenoxy) is 1. The van der Waals surface area contributed by atoms with Crippen LogP contribution >= 0.6 is 11.3 Å². The van der Waals surface area contributed by atoms with E-state index in [0.29, 0.717) is 12.2 Å². The Labute approximate surface area is 151 Å². The maximum absolute atomic E-state index is 12.3. The zero-order chi connectivity index (χ0) is 17.8. The minimum absolute atomic E-state index is 0.00575. The van der Waals surface area contributed by atoms with Crippen molar-refractivity contribution < 1.29 is 14.3 Å². The molecule has 2 amide bonds. The summed E-state index contributed by atoms with van der Waals surface area (Å²) in [4.78, 5) is 28.7. The first-order chi connectivity index (χ1) is 12.1. The monoisotopic (exact) mass is 358 g/mol. The van der Waals surface area contributed by atoms with Crippen molar-refractivity contribution in [2.45, 2.75) is 25.8 Å². The van der Waals surface area contributed by atoms with Gasteiger partial charge in [-0.25, -0.2) is 0 Å². The normalized spacial score (nSPS) is 15.3. The SMILES string of the molecule is C[C@H](c1cccs1)N(C)C(=O)COc1ccc(N2CCCC2=O)cc1. The molecule has 2 heterocycles. The van der Waals surface area contributed by atoms with E-state index in [1.807, 2.05) is 36.6 Å². The first-order valence-electron chi connectivity index (χ1n) is 8.38. The summed E-state index contributed by atoms with van der Waals surface area (Å²) in [5.74, 6) is 0.716. The Morgan fingerprint density at radius 2 is 2.08 bits per heavy atom. The molecule has 1 atom stereocenters. The molecule has 3 rings (SSSR count). The summed E-state index contributed by atoms with van der Waals surface area (Å²) < 4.78 is 5.61. The highest BCUT2D eigenvalue weighted by Gasteiger charge is 2.22. The standard InChI is InChI=1S/C19H22N2O3S/c1-14(17-5-4-12-25-17)20(2)19(23)13-24-16-9-7-15(8-10-16)21-11-3-6-18(21)22/h4-5,7-10,12,14H,3,6,11,13H2,1-2H3/t14-/m1/s1. The van der Waals surface area contributed by atoms with Gasteiger partial charge < -0.3 is 14.5 Å². The summed E-state index contributed by atoms with van der Waals surface area (Å²) >= 11 is 1.64. The number of carbonyl (C=O) groups excluding carboxylic acids is 2. The van der Waals surface area contributed by atoms with Gasteiger partial charge in [0.05, 0.1) is 6.04 Å². The van der Waals surface area contributed by atoms with Crippen molar-refractivity contribution >= 4 is 28.8 Å². The Balaban J connectivity index is 1.54. The first kappa shape index (κ1) is 17.5. The average molecular weight is 358 g/mol. The van der Waals surface area contributed by atoms with E-state index in [4.69, 9.17) is 4.74 Å². The van der Waals surface area contributed by atoms with Gasteiger partial charge in [-0.15, -0.1) is 11.3 Å². The third kappa shape index (κ3) is 4.02. The third-order valence-electron chi connectivity index (χ3n) is 4.51. The van der Waals surface area contributed by atoms with Crippen molar-refractivity contribution in [2.24, 2.45) is 0 Å². The van der Waals surface area contributed by atoms with Gasteiger partial charge in [0.15, 0.2) is 6.61 Å². The quantitative estimate of drug-likeness (QED) is 0.794. The smallest absolute Gasteiger partial charge is 0.260 e. The molecule has 1 aromatic heterocycles. The molecule has 0 bridgehead atoms. The number of thiophene rings is 1. The molecule has 1 fully saturated rings. The van der Waals surface area contributed by atoms with Crippen LogP contribution in [0.4, 0.5) is 5.69 Å². The van der Waals surface area contributed by atoms with Crippen LogP contribution in [0, 0.1) is 0 Å². The number of hydrogen-bond acceptors (Lipinski definition) is 4. The van der Waals surface area contributed by atoms with Gasteiger partial charge in [-0.1, -0.05) is 6.07 Å². The van der Waals surface area contributed by atoms with Crippen molar-refractivity contribution in [2.75, 3.05) is 25.1 Å². The predicted molar refractivity (Wildman–Crippen MR) is 99.0 cm³/mol. The number of hydrogen-bond donors (Lipinski definition) is 0.